The van der Waals surface area contributed by atoms with Gasteiger partial charge in [-0.05, 0) is 32.3 Å². The van der Waals surface area contributed by atoms with Gasteiger partial charge < -0.3 is 9.84 Å². The molecule has 1 N–H and O–H groups in total. The van der Waals surface area contributed by atoms with E-state index in [0.29, 0.717) is 18.7 Å². The molecule has 0 bridgehead atoms. The van der Waals surface area contributed by atoms with Crippen LogP contribution in [0.1, 0.15) is 38.7 Å². The summed E-state index contributed by atoms with van der Waals surface area (Å²) in [6, 6.07) is 9.48. The predicted octanol–water partition coefficient (Wildman–Crippen LogP) is 3.32. The third-order valence-corrected chi connectivity index (χ3v) is 3.25. The quantitative estimate of drug-likeness (QED) is 0.591. The lowest BCUT2D eigenvalue weighted by Crippen LogP contribution is -2.33. The van der Waals surface area contributed by atoms with Crippen molar-refractivity contribution in [3.63, 3.8) is 0 Å². The molecule has 0 amide bonds. The van der Waals surface area contributed by atoms with Gasteiger partial charge in [0.15, 0.2) is 0 Å². The molecule has 1 atom stereocenters. The summed E-state index contributed by atoms with van der Waals surface area (Å²) in [5, 5.41) is 9.87. The zero-order valence-electron chi connectivity index (χ0n) is 12.1. The van der Waals surface area contributed by atoms with Crippen molar-refractivity contribution < 1.29 is 14.6 Å². The maximum atomic E-state index is 11.9. The zero-order valence-corrected chi connectivity index (χ0v) is 12.9. The Morgan fingerprint density at radius 1 is 1.35 bits per heavy atom. The number of hydrogen-bond acceptors (Lipinski definition) is 3. The highest BCUT2D eigenvalue weighted by molar-refractivity contribution is 6.17. The second kappa shape index (κ2) is 8.28. The fourth-order valence-electron chi connectivity index (χ4n) is 2.13. The minimum absolute atomic E-state index is 0.252. The smallest absolute Gasteiger partial charge is 0.310 e. The van der Waals surface area contributed by atoms with Gasteiger partial charge in [0.1, 0.15) is 5.60 Å². The fraction of sp³-hybridized carbons (Fsp3) is 0.562. The average molecular weight is 299 g/mol. The van der Waals surface area contributed by atoms with Crippen LogP contribution >= 0.6 is 11.6 Å². The van der Waals surface area contributed by atoms with Gasteiger partial charge in [-0.25, -0.2) is 0 Å². The topological polar surface area (TPSA) is 46.5 Å². The van der Waals surface area contributed by atoms with E-state index in [1.54, 1.807) is 0 Å². The van der Waals surface area contributed by atoms with Crippen LogP contribution in [-0.2, 0) is 16.0 Å². The Labute approximate surface area is 125 Å². The Morgan fingerprint density at radius 3 is 2.60 bits per heavy atom. The van der Waals surface area contributed by atoms with E-state index in [4.69, 9.17) is 16.3 Å². The molecule has 0 fully saturated rings. The van der Waals surface area contributed by atoms with Crippen LogP contribution in [0.15, 0.2) is 30.3 Å². The first-order valence-corrected chi connectivity index (χ1v) is 7.46. The summed E-state index contributed by atoms with van der Waals surface area (Å²) < 4.78 is 5.46. The fourth-order valence-corrected chi connectivity index (χ4v) is 2.29. The number of aliphatic hydroxyl groups excluding tert-OH is 1. The van der Waals surface area contributed by atoms with Gasteiger partial charge in [0, 0.05) is 12.3 Å². The van der Waals surface area contributed by atoms with Crippen molar-refractivity contribution in [2.45, 2.75) is 51.2 Å². The molecule has 1 aromatic rings. The summed E-state index contributed by atoms with van der Waals surface area (Å²) >= 11 is 5.59. The van der Waals surface area contributed by atoms with Gasteiger partial charge in [-0.15, -0.1) is 11.6 Å². The predicted molar refractivity (Wildman–Crippen MR) is 80.9 cm³/mol. The lowest BCUT2D eigenvalue weighted by Gasteiger charge is -2.27. The third-order valence-electron chi connectivity index (χ3n) is 2.98. The van der Waals surface area contributed by atoms with Crippen molar-refractivity contribution in [2.24, 2.45) is 0 Å². The van der Waals surface area contributed by atoms with Crippen LogP contribution in [0.4, 0.5) is 0 Å². The molecule has 20 heavy (non-hydrogen) atoms. The molecule has 0 spiro atoms. The van der Waals surface area contributed by atoms with Gasteiger partial charge in [0.05, 0.1) is 12.5 Å². The average Bonchev–Trinajstić information content (AvgIpc) is 2.36. The number of rotatable bonds is 8. The van der Waals surface area contributed by atoms with E-state index < -0.39 is 11.7 Å². The van der Waals surface area contributed by atoms with Gasteiger partial charge in [0.25, 0.3) is 0 Å². The molecule has 0 heterocycles. The summed E-state index contributed by atoms with van der Waals surface area (Å²) in [4.78, 5) is 11.9. The summed E-state index contributed by atoms with van der Waals surface area (Å²) in [7, 11) is 0. The molecule has 0 aliphatic carbocycles. The number of carbonyl (C=O) groups excluding carboxylic acids is 1. The molecule has 0 aliphatic rings. The van der Waals surface area contributed by atoms with E-state index >= 15 is 0 Å². The number of ether oxygens (including phenoxy) is 1. The van der Waals surface area contributed by atoms with Crippen molar-refractivity contribution in [2.75, 3.05) is 5.88 Å². The number of aliphatic hydroxyl groups is 1. The number of carbonyl (C=O) groups is 1. The lowest BCUT2D eigenvalue weighted by atomic mass is 9.98. The molecule has 0 aromatic heterocycles. The van der Waals surface area contributed by atoms with Crippen LogP contribution in [-0.4, -0.2) is 28.7 Å². The van der Waals surface area contributed by atoms with Gasteiger partial charge in [-0.2, -0.15) is 0 Å². The van der Waals surface area contributed by atoms with Gasteiger partial charge in [0.2, 0.25) is 0 Å². The monoisotopic (exact) mass is 298 g/mol. The van der Waals surface area contributed by atoms with Gasteiger partial charge >= 0.3 is 5.97 Å². The van der Waals surface area contributed by atoms with E-state index in [9.17, 15) is 9.90 Å². The molecule has 0 aliphatic heterocycles. The normalized spacial score (nSPS) is 13.0. The Hall–Kier alpha value is -1.06. The highest BCUT2D eigenvalue weighted by Gasteiger charge is 2.26. The van der Waals surface area contributed by atoms with Crippen LogP contribution in [0.25, 0.3) is 0 Å². The van der Waals surface area contributed by atoms with E-state index in [-0.39, 0.29) is 12.4 Å². The van der Waals surface area contributed by atoms with E-state index in [0.717, 1.165) is 12.0 Å². The molecule has 3 nitrogen and oxygen atoms in total. The van der Waals surface area contributed by atoms with Crippen LogP contribution in [0.3, 0.4) is 0 Å². The molecule has 4 heteroatoms. The molecule has 0 saturated carbocycles. The second-order valence-electron chi connectivity index (χ2n) is 5.59. The van der Waals surface area contributed by atoms with Gasteiger partial charge in [-0.1, -0.05) is 30.3 Å². The number of esters is 1. The largest absolute Gasteiger partial charge is 0.459 e. The zero-order chi connectivity index (χ0) is 15.0. The number of halogens is 1. The minimum Gasteiger partial charge on any atom is -0.459 e. The van der Waals surface area contributed by atoms with Crippen molar-refractivity contribution in [1.29, 1.82) is 0 Å². The van der Waals surface area contributed by atoms with Crippen LogP contribution in [0.5, 0.6) is 0 Å². The molecule has 0 radical (unpaired) electrons. The first-order chi connectivity index (χ1) is 9.43. The van der Waals surface area contributed by atoms with Crippen LogP contribution in [0.2, 0.25) is 0 Å². The SMILES string of the molecule is CC(C)(CC(O)CCCCl)OC(=O)Cc1ccccc1. The van der Waals surface area contributed by atoms with Crippen LogP contribution in [0, 0.1) is 0 Å². The summed E-state index contributed by atoms with van der Waals surface area (Å²) in [5.41, 5.74) is 0.258. The first-order valence-electron chi connectivity index (χ1n) is 6.93. The maximum Gasteiger partial charge on any atom is 0.310 e. The molecule has 1 rings (SSSR count). The van der Waals surface area contributed by atoms with Gasteiger partial charge in [-0.3, -0.25) is 4.79 Å². The third kappa shape index (κ3) is 6.92. The van der Waals surface area contributed by atoms with Crippen molar-refractivity contribution in [1.82, 2.24) is 0 Å². The van der Waals surface area contributed by atoms with E-state index in [1.165, 1.54) is 0 Å². The molecule has 1 unspecified atom stereocenters. The van der Waals surface area contributed by atoms with E-state index in [2.05, 4.69) is 0 Å². The maximum absolute atomic E-state index is 11.9. The molecule has 112 valence electrons. The Morgan fingerprint density at radius 2 is 2.00 bits per heavy atom. The Kier molecular flexibility index (Phi) is 7.03. The van der Waals surface area contributed by atoms with Crippen molar-refractivity contribution >= 4 is 17.6 Å². The van der Waals surface area contributed by atoms with Crippen molar-refractivity contribution in [3.05, 3.63) is 35.9 Å². The summed E-state index contributed by atoms with van der Waals surface area (Å²) in [5.74, 6) is 0.261. The standard InChI is InChI=1S/C16H23ClO3/c1-16(2,12-14(18)9-6-10-17)20-15(19)11-13-7-4-3-5-8-13/h3-5,7-8,14,18H,6,9-12H2,1-2H3. The number of benzene rings is 1. The molecule has 0 saturated heterocycles. The molecule has 1 aromatic carbocycles. The lowest BCUT2D eigenvalue weighted by molar-refractivity contribution is -0.158. The number of alkyl halides is 1. The van der Waals surface area contributed by atoms with E-state index in [1.807, 2.05) is 44.2 Å². The summed E-state index contributed by atoms with van der Waals surface area (Å²) in [6.45, 7) is 3.64. The minimum atomic E-state index is -0.669. The highest BCUT2D eigenvalue weighted by Crippen LogP contribution is 2.20. The highest BCUT2D eigenvalue weighted by atomic mass is 35.5. The Balaban J connectivity index is 2.42. The second-order valence-corrected chi connectivity index (χ2v) is 5.96. The van der Waals surface area contributed by atoms with Crippen molar-refractivity contribution in [3.8, 4) is 0 Å². The number of hydrogen-bond donors (Lipinski definition) is 1. The molecular weight excluding hydrogens is 276 g/mol. The molecular formula is C16H23ClO3. The first kappa shape index (κ1) is 17.0. The Bertz CT molecular complexity index is 403. The van der Waals surface area contributed by atoms with Crippen LogP contribution < -0.4 is 0 Å². The summed E-state index contributed by atoms with van der Waals surface area (Å²) in [6.07, 6.45) is 1.57.